The largest absolute Gasteiger partial charge is 0.417 e. The lowest BCUT2D eigenvalue weighted by atomic mass is 10.2. The molecule has 3 rings (SSSR count). The molecule has 2 aromatic rings. The smallest absolute Gasteiger partial charge is 0.357 e. The molecule has 4 nitrogen and oxygen atoms in total. The third kappa shape index (κ3) is 4.07. The predicted molar refractivity (Wildman–Crippen MR) is 88.1 cm³/mol. The predicted octanol–water partition coefficient (Wildman–Crippen LogP) is 4.11. The van der Waals surface area contributed by atoms with Crippen LogP contribution in [0.1, 0.15) is 17.5 Å². The minimum atomic E-state index is -4.54. The topological polar surface area (TPSA) is 45.2 Å². The molecule has 0 radical (unpaired) electrons. The molecule has 1 amide bonds. The van der Waals surface area contributed by atoms with E-state index in [0.717, 1.165) is 11.6 Å². The minimum Gasteiger partial charge on any atom is -0.357 e. The SMILES string of the molecule is O=C1C(Nc2ncc(C(F)(F)F)cc2Cl)CCN1Cc1ccc(F)cc1. The van der Waals surface area contributed by atoms with Crippen LogP contribution in [-0.2, 0) is 17.5 Å². The first kappa shape index (κ1) is 18.4. The van der Waals surface area contributed by atoms with Crippen molar-refractivity contribution < 1.29 is 22.4 Å². The number of anilines is 1. The number of nitrogens with zero attached hydrogens (tertiary/aromatic N) is 2. The monoisotopic (exact) mass is 387 g/mol. The summed E-state index contributed by atoms with van der Waals surface area (Å²) in [5.74, 6) is -0.544. The van der Waals surface area contributed by atoms with Gasteiger partial charge in [0.1, 0.15) is 17.7 Å². The zero-order valence-electron chi connectivity index (χ0n) is 13.4. The molecular formula is C17H14ClF4N3O. The van der Waals surface area contributed by atoms with Gasteiger partial charge in [0, 0.05) is 19.3 Å². The molecule has 2 heterocycles. The zero-order chi connectivity index (χ0) is 18.9. The highest BCUT2D eigenvalue weighted by atomic mass is 35.5. The summed E-state index contributed by atoms with van der Waals surface area (Å²) in [6.07, 6.45) is -3.41. The number of halogens is 5. The van der Waals surface area contributed by atoms with Crippen LogP contribution in [0.3, 0.4) is 0 Å². The van der Waals surface area contributed by atoms with E-state index < -0.39 is 17.8 Å². The number of amides is 1. The number of carbonyl (C=O) groups excluding carboxylic acids is 1. The average Bonchev–Trinajstić information content (AvgIpc) is 2.91. The van der Waals surface area contributed by atoms with E-state index >= 15 is 0 Å². The van der Waals surface area contributed by atoms with Gasteiger partial charge in [-0.25, -0.2) is 9.37 Å². The Hall–Kier alpha value is -2.35. The van der Waals surface area contributed by atoms with Gasteiger partial charge in [-0.05, 0) is 30.2 Å². The van der Waals surface area contributed by atoms with Crippen LogP contribution in [-0.4, -0.2) is 28.4 Å². The number of benzene rings is 1. The number of alkyl halides is 3. The summed E-state index contributed by atoms with van der Waals surface area (Å²) in [6, 6.07) is 5.97. The summed E-state index contributed by atoms with van der Waals surface area (Å²) in [6.45, 7) is 0.789. The van der Waals surface area contributed by atoms with Crippen molar-refractivity contribution >= 4 is 23.3 Å². The number of rotatable bonds is 4. The molecule has 0 aliphatic carbocycles. The fraction of sp³-hybridized carbons (Fsp3) is 0.294. The molecule has 138 valence electrons. The number of likely N-dealkylation sites (tertiary alicyclic amines) is 1. The Morgan fingerprint density at radius 3 is 2.58 bits per heavy atom. The van der Waals surface area contributed by atoms with Crippen LogP contribution >= 0.6 is 11.6 Å². The maximum absolute atomic E-state index is 12.9. The lowest BCUT2D eigenvalue weighted by Crippen LogP contribution is -2.33. The van der Waals surface area contributed by atoms with Gasteiger partial charge in [-0.15, -0.1) is 0 Å². The lowest BCUT2D eigenvalue weighted by Gasteiger charge is -2.18. The van der Waals surface area contributed by atoms with E-state index in [4.69, 9.17) is 11.6 Å². The van der Waals surface area contributed by atoms with Gasteiger partial charge < -0.3 is 10.2 Å². The number of hydrogen-bond donors (Lipinski definition) is 1. The van der Waals surface area contributed by atoms with Crippen LogP contribution in [0.5, 0.6) is 0 Å². The molecular weight excluding hydrogens is 374 g/mol. The Kier molecular flexibility index (Phi) is 5.04. The fourth-order valence-corrected chi connectivity index (χ4v) is 2.93. The molecule has 1 aromatic heterocycles. The van der Waals surface area contributed by atoms with Crippen molar-refractivity contribution in [1.82, 2.24) is 9.88 Å². The normalized spacial score (nSPS) is 17.7. The van der Waals surface area contributed by atoms with E-state index in [0.29, 0.717) is 25.7 Å². The van der Waals surface area contributed by atoms with Gasteiger partial charge in [0.05, 0.1) is 10.6 Å². The van der Waals surface area contributed by atoms with Crippen LogP contribution in [0.2, 0.25) is 5.02 Å². The highest BCUT2D eigenvalue weighted by Crippen LogP contribution is 2.33. The molecule has 26 heavy (non-hydrogen) atoms. The third-order valence-corrected chi connectivity index (χ3v) is 4.35. The quantitative estimate of drug-likeness (QED) is 0.803. The Morgan fingerprint density at radius 2 is 1.96 bits per heavy atom. The van der Waals surface area contributed by atoms with E-state index in [2.05, 4.69) is 10.3 Å². The highest BCUT2D eigenvalue weighted by molar-refractivity contribution is 6.33. The van der Waals surface area contributed by atoms with Crippen LogP contribution in [0.25, 0.3) is 0 Å². The van der Waals surface area contributed by atoms with Crippen LogP contribution in [0.4, 0.5) is 23.4 Å². The standard InChI is InChI=1S/C17H14ClF4N3O/c18-13-7-11(17(20,21)22)8-23-15(13)24-14-5-6-25(16(14)26)9-10-1-3-12(19)4-2-10/h1-4,7-8,14H,5-6,9H2,(H,23,24). The summed E-state index contributed by atoms with van der Waals surface area (Å²) in [7, 11) is 0. The molecule has 0 saturated carbocycles. The van der Waals surface area contributed by atoms with Crippen LogP contribution in [0, 0.1) is 5.82 Å². The molecule has 0 spiro atoms. The Labute approximate surface area is 151 Å². The molecule has 9 heteroatoms. The number of pyridine rings is 1. The average molecular weight is 388 g/mol. The molecule has 1 N–H and O–H groups in total. The number of hydrogen-bond acceptors (Lipinski definition) is 3. The second-order valence-electron chi connectivity index (χ2n) is 5.92. The molecule has 1 aromatic carbocycles. The molecule has 1 fully saturated rings. The van der Waals surface area contributed by atoms with E-state index in [9.17, 15) is 22.4 Å². The van der Waals surface area contributed by atoms with Crippen molar-refractivity contribution in [3.63, 3.8) is 0 Å². The maximum Gasteiger partial charge on any atom is 0.417 e. The first-order valence-electron chi connectivity index (χ1n) is 7.76. The van der Waals surface area contributed by atoms with E-state index in [1.165, 1.54) is 12.1 Å². The van der Waals surface area contributed by atoms with E-state index in [1.807, 2.05) is 0 Å². The second kappa shape index (κ2) is 7.11. The van der Waals surface area contributed by atoms with Gasteiger partial charge in [-0.2, -0.15) is 13.2 Å². The Bertz CT molecular complexity index is 811. The van der Waals surface area contributed by atoms with Gasteiger partial charge in [-0.3, -0.25) is 4.79 Å². The Balaban J connectivity index is 1.66. The third-order valence-electron chi connectivity index (χ3n) is 4.06. The van der Waals surface area contributed by atoms with Gasteiger partial charge >= 0.3 is 6.18 Å². The van der Waals surface area contributed by atoms with Crippen LogP contribution < -0.4 is 5.32 Å². The van der Waals surface area contributed by atoms with Crippen molar-refractivity contribution in [1.29, 1.82) is 0 Å². The summed E-state index contributed by atoms with van der Waals surface area (Å²) in [5.41, 5.74) is -0.171. The first-order valence-corrected chi connectivity index (χ1v) is 8.14. The molecule has 1 atom stereocenters. The molecule has 1 aliphatic rings. The molecule has 0 bridgehead atoms. The fourth-order valence-electron chi connectivity index (χ4n) is 2.70. The summed E-state index contributed by atoms with van der Waals surface area (Å²) >= 11 is 5.86. The van der Waals surface area contributed by atoms with Gasteiger partial charge in [0.25, 0.3) is 0 Å². The van der Waals surface area contributed by atoms with Crippen molar-refractivity contribution in [2.45, 2.75) is 25.2 Å². The van der Waals surface area contributed by atoms with Crippen molar-refractivity contribution in [2.24, 2.45) is 0 Å². The number of carbonyl (C=O) groups is 1. The summed E-state index contributed by atoms with van der Waals surface area (Å²) < 4.78 is 50.9. The lowest BCUT2D eigenvalue weighted by molar-refractivity contribution is -0.137. The highest BCUT2D eigenvalue weighted by Gasteiger charge is 2.34. The van der Waals surface area contributed by atoms with Gasteiger partial charge in [0.2, 0.25) is 5.91 Å². The van der Waals surface area contributed by atoms with Crippen molar-refractivity contribution in [2.75, 3.05) is 11.9 Å². The van der Waals surface area contributed by atoms with Crippen LogP contribution in [0.15, 0.2) is 36.5 Å². The van der Waals surface area contributed by atoms with Gasteiger partial charge in [0.15, 0.2) is 0 Å². The minimum absolute atomic E-state index is 0.0293. The Morgan fingerprint density at radius 1 is 1.27 bits per heavy atom. The maximum atomic E-state index is 12.9. The van der Waals surface area contributed by atoms with Crippen molar-refractivity contribution in [3.05, 3.63) is 58.5 Å². The molecule has 1 unspecified atom stereocenters. The number of aromatic nitrogens is 1. The van der Waals surface area contributed by atoms with E-state index in [-0.39, 0.29) is 22.6 Å². The summed E-state index contributed by atoms with van der Waals surface area (Å²) in [5, 5.41) is 2.60. The second-order valence-corrected chi connectivity index (χ2v) is 6.33. The van der Waals surface area contributed by atoms with E-state index in [1.54, 1.807) is 17.0 Å². The number of nitrogens with one attached hydrogen (secondary N) is 1. The van der Waals surface area contributed by atoms with Crippen molar-refractivity contribution in [3.8, 4) is 0 Å². The van der Waals surface area contributed by atoms with Gasteiger partial charge in [-0.1, -0.05) is 23.7 Å². The summed E-state index contributed by atoms with van der Waals surface area (Å²) in [4.78, 5) is 17.7. The molecule has 1 saturated heterocycles. The molecule has 1 aliphatic heterocycles. The first-order chi connectivity index (χ1) is 12.2. The zero-order valence-corrected chi connectivity index (χ0v) is 14.1.